The van der Waals surface area contributed by atoms with Gasteiger partial charge in [-0.15, -0.1) is 35.0 Å². The highest BCUT2D eigenvalue weighted by atomic mass is 35.5. The summed E-state index contributed by atoms with van der Waals surface area (Å²) in [5.74, 6) is 1.18. The first-order valence-corrected chi connectivity index (χ1v) is 13.6. The van der Waals surface area contributed by atoms with Crippen LogP contribution < -0.4 is 10.6 Å². The Balaban J connectivity index is 1.66. The summed E-state index contributed by atoms with van der Waals surface area (Å²) in [6, 6.07) is -1.30. The van der Waals surface area contributed by atoms with Crippen molar-refractivity contribution in [2.45, 2.75) is 86.0 Å². The number of nitrogens with one attached hydrogen (secondary N) is 2. The summed E-state index contributed by atoms with van der Waals surface area (Å²) >= 11 is 13.5. The molecule has 0 aliphatic carbocycles. The van der Waals surface area contributed by atoms with Gasteiger partial charge in [0.15, 0.2) is 0 Å². The van der Waals surface area contributed by atoms with E-state index in [2.05, 4.69) is 10.6 Å². The zero-order valence-electron chi connectivity index (χ0n) is 18.5. The van der Waals surface area contributed by atoms with Crippen LogP contribution in [0, 0.1) is 11.8 Å². The molecule has 0 saturated carbocycles. The molecule has 3 rings (SSSR count). The molecule has 1 amide bonds. The number of halogens is 2. The van der Waals surface area contributed by atoms with Crippen molar-refractivity contribution in [3.8, 4) is 0 Å². The molecule has 32 heavy (non-hydrogen) atoms. The molecule has 3 saturated heterocycles. The van der Waals surface area contributed by atoms with Crippen molar-refractivity contribution in [2.75, 3.05) is 25.3 Å². The highest BCUT2D eigenvalue weighted by Crippen LogP contribution is 2.34. The van der Waals surface area contributed by atoms with Gasteiger partial charge in [0.05, 0.1) is 17.5 Å². The lowest BCUT2D eigenvalue weighted by Gasteiger charge is -2.44. The van der Waals surface area contributed by atoms with E-state index in [1.54, 1.807) is 13.2 Å². The summed E-state index contributed by atoms with van der Waals surface area (Å²) in [5.41, 5.74) is -0.739. The van der Waals surface area contributed by atoms with Crippen LogP contribution in [0.5, 0.6) is 0 Å². The summed E-state index contributed by atoms with van der Waals surface area (Å²) in [7, 11) is 0. The number of fused-ring (bicyclic) bond motifs is 1. The molecule has 3 heterocycles. The molecule has 5 unspecified atom stereocenters. The molecule has 8 nitrogen and oxygen atoms in total. The van der Waals surface area contributed by atoms with Crippen LogP contribution in [-0.2, 0) is 14.3 Å². The van der Waals surface area contributed by atoms with Crippen molar-refractivity contribution in [3.63, 3.8) is 0 Å². The first-order chi connectivity index (χ1) is 15.3. The van der Waals surface area contributed by atoms with E-state index in [1.807, 2.05) is 0 Å². The van der Waals surface area contributed by atoms with E-state index in [9.17, 15) is 20.1 Å². The third-order valence-corrected chi connectivity index (χ3v) is 8.28. The zero-order valence-corrected chi connectivity index (χ0v) is 20.9. The second-order valence-corrected chi connectivity index (χ2v) is 11.1. The first-order valence-electron chi connectivity index (χ1n) is 11.4. The maximum absolute atomic E-state index is 13.2. The minimum Gasteiger partial charge on any atom is -0.388 e. The fourth-order valence-electron chi connectivity index (χ4n) is 5.10. The maximum atomic E-state index is 13.2. The van der Waals surface area contributed by atoms with Crippen LogP contribution in [-0.4, -0.2) is 99.9 Å². The van der Waals surface area contributed by atoms with Crippen molar-refractivity contribution >= 4 is 40.9 Å². The number of rotatable bonds is 8. The topological polar surface area (TPSA) is 120 Å². The van der Waals surface area contributed by atoms with Crippen molar-refractivity contribution in [3.05, 3.63) is 0 Å². The van der Waals surface area contributed by atoms with Gasteiger partial charge in [-0.1, -0.05) is 0 Å². The Bertz CT molecular complexity index is 619. The van der Waals surface area contributed by atoms with Gasteiger partial charge in [0.25, 0.3) is 0 Å². The molecule has 0 bridgehead atoms. The maximum Gasteiger partial charge on any atom is 0.240 e. The van der Waals surface area contributed by atoms with Crippen LogP contribution in [0.25, 0.3) is 0 Å². The molecule has 0 radical (unpaired) electrons. The highest BCUT2D eigenvalue weighted by molar-refractivity contribution is 7.99. The lowest BCUT2D eigenvalue weighted by molar-refractivity contribution is -0.205. The highest BCUT2D eigenvalue weighted by Gasteiger charge is 2.49. The van der Waals surface area contributed by atoms with Crippen LogP contribution in [0.15, 0.2) is 0 Å². The number of aliphatic hydroxyl groups excluding tert-OH is 3. The fourth-order valence-corrected chi connectivity index (χ4v) is 6.14. The number of alkyl halides is 2. The average molecular weight is 516 g/mol. The van der Waals surface area contributed by atoms with E-state index in [-0.39, 0.29) is 17.9 Å². The van der Waals surface area contributed by atoms with Crippen LogP contribution in [0.4, 0.5) is 0 Å². The Labute approximate surface area is 204 Å². The summed E-state index contributed by atoms with van der Waals surface area (Å²) in [6.45, 7) is 3.00. The standard InChI is InChI=1S/C21H36Cl2N2O6S/c1-10(23)13(19-16(27)15(26)17(28)21(31-19)32-2)25-20(29)14-18-12(9-24-14)8-11(4-3-6-22)5-7-30-18/h10-19,21,24,26-28H,3-9H2,1-2H3,(H,25,29)/t10-,11+,12-,13+,14-,15?,16?,17?,18+,19?,21?/m0/s1. The van der Waals surface area contributed by atoms with Gasteiger partial charge < -0.3 is 35.4 Å². The number of thioether (sulfide) groups is 1. The molecule has 5 N–H and O–H groups in total. The van der Waals surface area contributed by atoms with Crippen molar-refractivity contribution in [2.24, 2.45) is 11.8 Å². The lowest BCUT2D eigenvalue weighted by atomic mass is 9.87. The second-order valence-electron chi connectivity index (χ2n) is 9.09. The summed E-state index contributed by atoms with van der Waals surface area (Å²) in [4.78, 5) is 13.2. The number of hydrogen-bond acceptors (Lipinski definition) is 8. The van der Waals surface area contributed by atoms with Crippen LogP contribution >= 0.6 is 35.0 Å². The van der Waals surface area contributed by atoms with E-state index in [0.717, 1.165) is 25.7 Å². The van der Waals surface area contributed by atoms with Crippen molar-refractivity contribution in [1.82, 2.24) is 10.6 Å². The van der Waals surface area contributed by atoms with Gasteiger partial charge >= 0.3 is 0 Å². The van der Waals surface area contributed by atoms with Gasteiger partial charge in [-0.25, -0.2) is 0 Å². The normalized spacial score (nSPS) is 42.0. The molecule has 0 aromatic heterocycles. The Morgan fingerprint density at radius 3 is 2.69 bits per heavy atom. The zero-order chi connectivity index (χ0) is 23.4. The molecular weight excluding hydrogens is 479 g/mol. The molecule has 3 aliphatic rings. The fraction of sp³-hybridized carbons (Fsp3) is 0.952. The Hall–Kier alpha value is 0.160. The Morgan fingerprint density at radius 1 is 1.28 bits per heavy atom. The minimum absolute atomic E-state index is 0.231. The average Bonchev–Trinajstić information content (AvgIpc) is 3.05. The number of hydrogen-bond donors (Lipinski definition) is 5. The van der Waals surface area contributed by atoms with Crippen LogP contribution in [0.3, 0.4) is 0 Å². The Morgan fingerprint density at radius 2 is 2.03 bits per heavy atom. The monoisotopic (exact) mass is 514 g/mol. The number of aliphatic hydroxyl groups is 3. The van der Waals surface area contributed by atoms with E-state index >= 15 is 0 Å². The number of carbonyl (C=O) groups is 1. The number of ether oxygens (including phenoxy) is 2. The number of carbonyl (C=O) groups excluding carboxylic acids is 1. The molecule has 0 aromatic rings. The van der Waals surface area contributed by atoms with E-state index in [0.29, 0.717) is 24.9 Å². The second kappa shape index (κ2) is 12.2. The van der Waals surface area contributed by atoms with Gasteiger partial charge in [-0.05, 0) is 50.7 Å². The first kappa shape index (κ1) is 26.8. The molecule has 11 heteroatoms. The van der Waals surface area contributed by atoms with Gasteiger partial charge in [0.1, 0.15) is 35.9 Å². The van der Waals surface area contributed by atoms with Crippen LogP contribution in [0.1, 0.15) is 32.6 Å². The van der Waals surface area contributed by atoms with E-state index in [4.69, 9.17) is 32.7 Å². The molecule has 3 aliphatic heterocycles. The van der Waals surface area contributed by atoms with Gasteiger partial charge in [0, 0.05) is 19.0 Å². The molecular formula is C21H36Cl2N2O6S. The summed E-state index contributed by atoms with van der Waals surface area (Å²) < 4.78 is 11.9. The molecule has 0 aromatic carbocycles. The third kappa shape index (κ3) is 6.04. The van der Waals surface area contributed by atoms with Gasteiger partial charge in [-0.2, -0.15) is 0 Å². The lowest BCUT2D eigenvalue weighted by Crippen LogP contribution is -2.65. The van der Waals surface area contributed by atoms with E-state index in [1.165, 1.54) is 11.8 Å². The predicted octanol–water partition coefficient (Wildman–Crippen LogP) is 0.671. The minimum atomic E-state index is -1.40. The third-order valence-electron chi connectivity index (χ3n) is 6.89. The number of amides is 1. The van der Waals surface area contributed by atoms with Crippen molar-refractivity contribution in [1.29, 1.82) is 0 Å². The predicted molar refractivity (Wildman–Crippen MR) is 125 cm³/mol. The molecule has 11 atom stereocenters. The Kier molecular flexibility index (Phi) is 10.2. The van der Waals surface area contributed by atoms with E-state index < -0.39 is 47.3 Å². The molecule has 0 spiro atoms. The molecule has 3 fully saturated rings. The van der Waals surface area contributed by atoms with Crippen LogP contribution in [0.2, 0.25) is 0 Å². The smallest absolute Gasteiger partial charge is 0.240 e. The quantitative estimate of drug-likeness (QED) is 0.300. The summed E-state index contributed by atoms with van der Waals surface area (Å²) in [6.07, 6.45) is 0.542. The molecule has 186 valence electrons. The largest absolute Gasteiger partial charge is 0.388 e. The SMILES string of the molecule is CSC1OC([C@H](NC(=O)[C@H]2NC[C@@H]3C[C@H](CCCCl)CCO[C@H]32)[C@H](C)Cl)C(O)C(O)C1O. The summed E-state index contributed by atoms with van der Waals surface area (Å²) in [5, 5.41) is 36.6. The van der Waals surface area contributed by atoms with Gasteiger partial charge in [0.2, 0.25) is 5.91 Å². The van der Waals surface area contributed by atoms with Gasteiger partial charge in [-0.3, -0.25) is 4.79 Å². The van der Waals surface area contributed by atoms with Crippen molar-refractivity contribution < 1.29 is 29.6 Å².